The Kier molecular flexibility index (Phi) is 4.17. The van der Waals surface area contributed by atoms with E-state index in [4.69, 9.17) is 0 Å². The molecule has 1 heteroatoms. The fourth-order valence-electron chi connectivity index (χ4n) is 3.83. The van der Waals surface area contributed by atoms with Crippen molar-refractivity contribution in [3.63, 3.8) is 0 Å². The lowest BCUT2D eigenvalue weighted by molar-refractivity contribution is 1.63. The zero-order valence-electron chi connectivity index (χ0n) is 14.7. The Balaban J connectivity index is 1.76. The molecule has 0 spiro atoms. The highest BCUT2D eigenvalue weighted by molar-refractivity contribution is 14.1. The first-order chi connectivity index (χ1) is 13.3. The van der Waals surface area contributed by atoms with Gasteiger partial charge in [-0.3, -0.25) is 0 Å². The molecule has 0 fully saturated rings. The Hall–Kier alpha value is -2.65. The summed E-state index contributed by atoms with van der Waals surface area (Å²) in [6, 6.07) is 37.1. The molecule has 0 aliphatic heterocycles. The molecule has 5 aromatic carbocycles. The van der Waals surface area contributed by atoms with Crippen LogP contribution in [0.15, 0.2) is 103 Å². The predicted molar refractivity (Wildman–Crippen MR) is 125 cm³/mol. The van der Waals surface area contributed by atoms with Crippen molar-refractivity contribution in [1.82, 2.24) is 0 Å². The topological polar surface area (TPSA) is 0 Å². The summed E-state index contributed by atoms with van der Waals surface area (Å²) in [6.07, 6.45) is 0. The number of hydrogen-bond acceptors (Lipinski definition) is 0. The third kappa shape index (κ3) is 2.92. The third-order valence-electron chi connectivity index (χ3n) is 5.15. The van der Waals surface area contributed by atoms with Gasteiger partial charge in [0.15, 0.2) is 0 Å². The maximum absolute atomic E-state index is 2.45. The molecular formula is C26H17I. The molecule has 0 saturated heterocycles. The van der Waals surface area contributed by atoms with Crippen molar-refractivity contribution in [2.75, 3.05) is 0 Å². The van der Waals surface area contributed by atoms with E-state index < -0.39 is 0 Å². The van der Waals surface area contributed by atoms with Gasteiger partial charge in [0.1, 0.15) is 0 Å². The highest BCUT2D eigenvalue weighted by Crippen LogP contribution is 2.36. The molecule has 128 valence electrons. The number of hydrogen-bond donors (Lipinski definition) is 0. The van der Waals surface area contributed by atoms with Crippen molar-refractivity contribution in [2.45, 2.75) is 0 Å². The van der Waals surface area contributed by atoms with Crippen LogP contribution in [0, 0.1) is 3.57 Å². The van der Waals surface area contributed by atoms with Crippen LogP contribution in [0.5, 0.6) is 0 Å². The van der Waals surface area contributed by atoms with Crippen LogP contribution >= 0.6 is 22.6 Å². The van der Waals surface area contributed by atoms with Crippen LogP contribution in [0.25, 0.3) is 43.8 Å². The second kappa shape index (κ2) is 6.82. The molecule has 0 unspecified atom stereocenters. The SMILES string of the molecule is Ic1ccc(-c2ccccc2)c2ccc(-c3cccc4ccccc34)cc12. The Labute approximate surface area is 172 Å². The van der Waals surface area contributed by atoms with Crippen LogP contribution in [0.3, 0.4) is 0 Å². The number of fused-ring (bicyclic) bond motifs is 2. The maximum atomic E-state index is 2.45. The minimum Gasteiger partial charge on any atom is -0.0622 e. The van der Waals surface area contributed by atoms with Gasteiger partial charge in [0, 0.05) is 3.57 Å². The molecule has 0 atom stereocenters. The van der Waals surface area contributed by atoms with Crippen molar-refractivity contribution in [1.29, 1.82) is 0 Å². The van der Waals surface area contributed by atoms with Crippen LogP contribution in [0.1, 0.15) is 0 Å². The van der Waals surface area contributed by atoms with Crippen LogP contribution in [-0.4, -0.2) is 0 Å². The molecule has 27 heavy (non-hydrogen) atoms. The van der Waals surface area contributed by atoms with Crippen molar-refractivity contribution in [2.24, 2.45) is 0 Å². The average Bonchev–Trinajstić information content (AvgIpc) is 2.74. The van der Waals surface area contributed by atoms with E-state index in [1.807, 2.05) is 0 Å². The molecule has 0 aliphatic rings. The van der Waals surface area contributed by atoms with Gasteiger partial charge in [0.2, 0.25) is 0 Å². The van der Waals surface area contributed by atoms with Gasteiger partial charge in [-0.05, 0) is 78.5 Å². The van der Waals surface area contributed by atoms with Gasteiger partial charge in [-0.1, -0.05) is 91.0 Å². The van der Waals surface area contributed by atoms with E-state index in [2.05, 4.69) is 126 Å². The second-order valence-electron chi connectivity index (χ2n) is 6.75. The standard InChI is InChI=1S/C26H17I/c27-26-16-15-23(18-7-2-1-3-8-18)24-14-13-20(17-25(24)26)22-12-6-10-19-9-4-5-11-21(19)22/h1-17H. The molecule has 5 rings (SSSR count). The van der Waals surface area contributed by atoms with E-state index in [0.717, 1.165) is 0 Å². The van der Waals surface area contributed by atoms with Crippen LogP contribution < -0.4 is 0 Å². The summed E-state index contributed by atoms with van der Waals surface area (Å²) >= 11 is 2.45. The summed E-state index contributed by atoms with van der Waals surface area (Å²) in [4.78, 5) is 0. The fourth-order valence-corrected chi connectivity index (χ4v) is 4.45. The third-order valence-corrected chi connectivity index (χ3v) is 6.09. The Morgan fingerprint density at radius 3 is 2.07 bits per heavy atom. The monoisotopic (exact) mass is 456 g/mol. The molecular weight excluding hydrogens is 439 g/mol. The number of halogens is 1. The van der Waals surface area contributed by atoms with Gasteiger partial charge in [0.25, 0.3) is 0 Å². The highest BCUT2D eigenvalue weighted by atomic mass is 127. The molecule has 0 aliphatic carbocycles. The molecule has 0 N–H and O–H groups in total. The van der Waals surface area contributed by atoms with Gasteiger partial charge >= 0.3 is 0 Å². The largest absolute Gasteiger partial charge is 0.0622 e. The van der Waals surface area contributed by atoms with Crippen molar-refractivity contribution < 1.29 is 0 Å². The first-order valence-corrected chi connectivity index (χ1v) is 10.1. The van der Waals surface area contributed by atoms with E-state index in [1.54, 1.807) is 0 Å². The van der Waals surface area contributed by atoms with Gasteiger partial charge in [-0.15, -0.1) is 0 Å². The van der Waals surface area contributed by atoms with E-state index in [9.17, 15) is 0 Å². The molecule has 0 radical (unpaired) electrons. The minimum atomic E-state index is 1.26. The molecule has 0 aromatic heterocycles. The molecule has 0 heterocycles. The lowest BCUT2D eigenvalue weighted by Crippen LogP contribution is -1.87. The van der Waals surface area contributed by atoms with E-state index >= 15 is 0 Å². The zero-order chi connectivity index (χ0) is 18.2. The molecule has 0 nitrogen and oxygen atoms in total. The van der Waals surface area contributed by atoms with Crippen molar-refractivity contribution in [3.8, 4) is 22.3 Å². The van der Waals surface area contributed by atoms with Gasteiger partial charge in [-0.25, -0.2) is 0 Å². The summed E-state index contributed by atoms with van der Waals surface area (Å²) in [5, 5.41) is 5.19. The Bertz CT molecular complexity index is 1260. The zero-order valence-corrected chi connectivity index (χ0v) is 16.9. The van der Waals surface area contributed by atoms with E-state index in [-0.39, 0.29) is 0 Å². The van der Waals surface area contributed by atoms with Crippen molar-refractivity contribution in [3.05, 3.63) is 107 Å². The Morgan fingerprint density at radius 2 is 1.19 bits per heavy atom. The summed E-state index contributed by atoms with van der Waals surface area (Å²) in [5.74, 6) is 0. The van der Waals surface area contributed by atoms with Crippen LogP contribution in [0.4, 0.5) is 0 Å². The normalized spacial score (nSPS) is 11.1. The minimum absolute atomic E-state index is 1.26. The van der Waals surface area contributed by atoms with E-state index in [0.29, 0.717) is 0 Å². The predicted octanol–water partition coefficient (Wildman–Crippen LogP) is 7.93. The Morgan fingerprint density at radius 1 is 0.444 bits per heavy atom. The molecule has 0 bridgehead atoms. The van der Waals surface area contributed by atoms with Gasteiger partial charge < -0.3 is 0 Å². The first kappa shape index (κ1) is 16.5. The molecule has 5 aromatic rings. The van der Waals surface area contributed by atoms with Gasteiger partial charge in [-0.2, -0.15) is 0 Å². The summed E-state index contributed by atoms with van der Waals surface area (Å²) in [5.41, 5.74) is 5.10. The van der Waals surface area contributed by atoms with Crippen LogP contribution in [0.2, 0.25) is 0 Å². The summed E-state index contributed by atoms with van der Waals surface area (Å²) < 4.78 is 1.28. The second-order valence-corrected chi connectivity index (χ2v) is 7.91. The summed E-state index contributed by atoms with van der Waals surface area (Å²) in [6.45, 7) is 0. The lowest BCUT2D eigenvalue weighted by atomic mass is 9.93. The smallest absolute Gasteiger partial charge is 0.0209 e. The fraction of sp³-hybridized carbons (Fsp3) is 0. The average molecular weight is 456 g/mol. The molecule has 0 amide bonds. The van der Waals surface area contributed by atoms with E-state index in [1.165, 1.54) is 47.4 Å². The lowest BCUT2D eigenvalue weighted by Gasteiger charge is -2.12. The maximum Gasteiger partial charge on any atom is 0.0209 e. The molecule has 0 saturated carbocycles. The summed E-state index contributed by atoms with van der Waals surface area (Å²) in [7, 11) is 0. The number of benzene rings is 5. The number of rotatable bonds is 2. The quantitative estimate of drug-likeness (QED) is 0.237. The van der Waals surface area contributed by atoms with Crippen molar-refractivity contribution >= 4 is 44.1 Å². The van der Waals surface area contributed by atoms with Gasteiger partial charge in [0.05, 0.1) is 0 Å². The first-order valence-electron chi connectivity index (χ1n) is 9.07. The highest BCUT2D eigenvalue weighted by Gasteiger charge is 2.10. The van der Waals surface area contributed by atoms with Crippen LogP contribution in [-0.2, 0) is 0 Å².